The van der Waals surface area contributed by atoms with Crippen LogP contribution in [-0.2, 0) is 9.53 Å². The van der Waals surface area contributed by atoms with Gasteiger partial charge in [0.15, 0.2) is 0 Å². The van der Waals surface area contributed by atoms with E-state index in [1.807, 2.05) is 6.92 Å². The van der Waals surface area contributed by atoms with Gasteiger partial charge in [-0.25, -0.2) is 4.79 Å². The van der Waals surface area contributed by atoms with E-state index in [2.05, 4.69) is 11.7 Å². The number of carbonyl (C=O) groups is 1. The average molecular weight is 126 g/mol. The van der Waals surface area contributed by atoms with Crippen molar-refractivity contribution < 1.29 is 9.53 Å². The standard InChI is InChI=1S/C7H10O2/c1-5(2)3-4-6-7(8)9-6/h5H,1,3-4H2,2H3. The summed E-state index contributed by atoms with van der Waals surface area (Å²) < 4.78 is 4.52. The van der Waals surface area contributed by atoms with Crippen molar-refractivity contribution >= 4 is 5.97 Å². The quantitative estimate of drug-likeness (QED) is 0.534. The zero-order chi connectivity index (χ0) is 6.85. The lowest BCUT2D eigenvalue weighted by Crippen LogP contribution is -1.88. The van der Waals surface area contributed by atoms with Gasteiger partial charge in [0, 0.05) is 6.42 Å². The maximum Gasteiger partial charge on any atom is 0.356 e. The topological polar surface area (TPSA) is 29.6 Å². The van der Waals surface area contributed by atoms with Gasteiger partial charge in [0.25, 0.3) is 6.10 Å². The Morgan fingerprint density at radius 1 is 1.78 bits per heavy atom. The number of cyclic esters (lactones) is 1. The van der Waals surface area contributed by atoms with E-state index in [1.54, 1.807) is 0 Å². The van der Waals surface area contributed by atoms with Gasteiger partial charge >= 0.3 is 5.97 Å². The molecule has 1 aliphatic rings. The highest BCUT2D eigenvalue weighted by atomic mass is 16.6. The molecule has 0 N–H and O–H groups in total. The first-order chi connectivity index (χ1) is 4.20. The fourth-order valence-electron chi connectivity index (χ4n) is 0.617. The smallest absolute Gasteiger partial charge is 0.356 e. The van der Waals surface area contributed by atoms with Crippen LogP contribution in [0.25, 0.3) is 0 Å². The van der Waals surface area contributed by atoms with Crippen LogP contribution in [0.15, 0.2) is 0 Å². The molecule has 0 aliphatic carbocycles. The van der Waals surface area contributed by atoms with E-state index in [1.165, 1.54) is 0 Å². The van der Waals surface area contributed by atoms with Crippen molar-refractivity contribution in [2.75, 3.05) is 0 Å². The maximum absolute atomic E-state index is 10.2. The number of carbonyl (C=O) groups excluding carboxylic acids is 1. The summed E-state index contributed by atoms with van der Waals surface area (Å²) in [6.07, 6.45) is 2.34. The summed E-state index contributed by atoms with van der Waals surface area (Å²) in [6, 6.07) is 0. The van der Waals surface area contributed by atoms with Gasteiger partial charge in [-0.1, -0.05) is 13.8 Å². The summed E-state index contributed by atoms with van der Waals surface area (Å²) in [6.45, 7) is 5.80. The summed E-state index contributed by atoms with van der Waals surface area (Å²) in [5, 5.41) is 0. The first-order valence-electron chi connectivity index (χ1n) is 3.11. The van der Waals surface area contributed by atoms with Crippen LogP contribution in [-0.4, -0.2) is 5.97 Å². The fourth-order valence-corrected chi connectivity index (χ4v) is 0.617. The molecule has 0 bridgehead atoms. The van der Waals surface area contributed by atoms with E-state index >= 15 is 0 Å². The molecule has 2 heteroatoms. The summed E-state index contributed by atoms with van der Waals surface area (Å²) >= 11 is 0. The second kappa shape index (κ2) is 2.38. The SMILES string of the molecule is [CH2]C(C)CC[C]1OC1=O. The molecular formula is C7H10O2. The molecule has 0 amide bonds. The van der Waals surface area contributed by atoms with Gasteiger partial charge in [-0.15, -0.1) is 0 Å². The molecule has 0 aromatic carbocycles. The molecule has 1 rings (SSSR count). The van der Waals surface area contributed by atoms with Gasteiger partial charge in [-0.3, -0.25) is 0 Å². The zero-order valence-electron chi connectivity index (χ0n) is 5.52. The predicted molar refractivity (Wildman–Crippen MR) is 33.1 cm³/mol. The molecule has 0 spiro atoms. The third-order valence-electron chi connectivity index (χ3n) is 1.27. The van der Waals surface area contributed by atoms with Gasteiger partial charge in [0.2, 0.25) is 0 Å². The lowest BCUT2D eigenvalue weighted by molar-refractivity contribution is -0.117. The van der Waals surface area contributed by atoms with Gasteiger partial charge in [0.05, 0.1) is 0 Å². The van der Waals surface area contributed by atoms with Crippen LogP contribution in [0, 0.1) is 18.9 Å². The Labute approximate surface area is 55.2 Å². The van der Waals surface area contributed by atoms with Crippen molar-refractivity contribution in [2.24, 2.45) is 5.92 Å². The molecule has 0 aromatic rings. The number of ether oxygens (including phenoxy) is 1. The Hall–Kier alpha value is -0.530. The Bertz CT molecular complexity index is 118. The van der Waals surface area contributed by atoms with E-state index in [-0.39, 0.29) is 5.97 Å². The van der Waals surface area contributed by atoms with Crippen molar-refractivity contribution in [3.05, 3.63) is 13.0 Å². The Balaban J connectivity index is 2.00. The average Bonchev–Trinajstić information content (AvgIpc) is 2.42. The third-order valence-corrected chi connectivity index (χ3v) is 1.27. The second-order valence-electron chi connectivity index (χ2n) is 2.46. The highest BCUT2D eigenvalue weighted by molar-refractivity contribution is 5.96. The maximum atomic E-state index is 10.2. The molecular weight excluding hydrogens is 116 g/mol. The number of epoxide rings is 1. The minimum atomic E-state index is -0.129. The van der Waals surface area contributed by atoms with Crippen LogP contribution in [0.1, 0.15) is 19.8 Å². The van der Waals surface area contributed by atoms with E-state index in [0.29, 0.717) is 12.0 Å². The van der Waals surface area contributed by atoms with Crippen molar-refractivity contribution in [3.63, 3.8) is 0 Å². The number of hydrogen-bond donors (Lipinski definition) is 0. The predicted octanol–water partition coefficient (Wildman–Crippen LogP) is 1.33. The molecule has 1 fully saturated rings. The molecule has 1 atom stereocenters. The molecule has 1 aliphatic heterocycles. The van der Waals surface area contributed by atoms with Crippen LogP contribution in [0.3, 0.4) is 0 Å². The molecule has 1 heterocycles. The van der Waals surface area contributed by atoms with Crippen LogP contribution in [0.2, 0.25) is 0 Å². The highest BCUT2D eigenvalue weighted by Gasteiger charge is 2.39. The molecule has 0 aromatic heterocycles. The molecule has 2 radical (unpaired) electrons. The van der Waals surface area contributed by atoms with Gasteiger partial charge < -0.3 is 4.74 Å². The summed E-state index contributed by atoms with van der Waals surface area (Å²) in [4.78, 5) is 10.2. The Kier molecular flexibility index (Phi) is 1.74. The summed E-state index contributed by atoms with van der Waals surface area (Å²) in [5.41, 5.74) is 0. The number of rotatable bonds is 3. The normalized spacial score (nSPS) is 18.3. The second-order valence-corrected chi connectivity index (χ2v) is 2.46. The molecule has 2 nitrogen and oxygen atoms in total. The van der Waals surface area contributed by atoms with E-state index in [4.69, 9.17) is 0 Å². The fraction of sp³-hybridized carbons (Fsp3) is 0.571. The minimum absolute atomic E-state index is 0.129. The van der Waals surface area contributed by atoms with Crippen LogP contribution >= 0.6 is 0 Å². The van der Waals surface area contributed by atoms with Crippen LogP contribution in [0.5, 0.6) is 0 Å². The lowest BCUT2D eigenvalue weighted by atomic mass is 10.1. The first kappa shape index (κ1) is 6.59. The van der Waals surface area contributed by atoms with Crippen molar-refractivity contribution in [1.29, 1.82) is 0 Å². The molecule has 9 heavy (non-hydrogen) atoms. The van der Waals surface area contributed by atoms with Gasteiger partial charge in [0.1, 0.15) is 0 Å². The first-order valence-corrected chi connectivity index (χ1v) is 3.11. The number of hydrogen-bond acceptors (Lipinski definition) is 2. The van der Waals surface area contributed by atoms with Gasteiger partial charge in [-0.05, 0) is 12.3 Å². The summed E-state index contributed by atoms with van der Waals surface area (Å²) in [5.74, 6) is 0.283. The van der Waals surface area contributed by atoms with E-state index in [0.717, 1.165) is 12.8 Å². The minimum Gasteiger partial charge on any atom is -0.439 e. The zero-order valence-corrected chi connectivity index (χ0v) is 5.52. The molecule has 0 saturated carbocycles. The molecule has 1 saturated heterocycles. The third kappa shape index (κ3) is 2.04. The lowest BCUT2D eigenvalue weighted by Gasteiger charge is -1.96. The molecule has 50 valence electrons. The Morgan fingerprint density at radius 2 is 2.33 bits per heavy atom. The van der Waals surface area contributed by atoms with E-state index in [9.17, 15) is 4.79 Å². The van der Waals surface area contributed by atoms with E-state index < -0.39 is 0 Å². The van der Waals surface area contributed by atoms with Crippen LogP contribution in [0.4, 0.5) is 0 Å². The Morgan fingerprint density at radius 3 is 2.67 bits per heavy atom. The van der Waals surface area contributed by atoms with Crippen molar-refractivity contribution in [3.8, 4) is 0 Å². The monoisotopic (exact) mass is 126 g/mol. The van der Waals surface area contributed by atoms with Crippen molar-refractivity contribution in [2.45, 2.75) is 19.8 Å². The van der Waals surface area contributed by atoms with Crippen molar-refractivity contribution in [1.82, 2.24) is 0 Å². The molecule has 1 unspecified atom stereocenters. The van der Waals surface area contributed by atoms with Crippen LogP contribution < -0.4 is 0 Å². The van der Waals surface area contributed by atoms with Gasteiger partial charge in [-0.2, -0.15) is 0 Å². The summed E-state index contributed by atoms with van der Waals surface area (Å²) in [7, 11) is 0. The highest BCUT2D eigenvalue weighted by Crippen LogP contribution is 2.28. The largest absolute Gasteiger partial charge is 0.439 e.